The molecule has 3 heterocycles. The lowest BCUT2D eigenvalue weighted by Crippen LogP contribution is -2.48. The minimum absolute atomic E-state index is 0.248. The van der Waals surface area contributed by atoms with Gasteiger partial charge in [-0.2, -0.15) is 9.29 Å². The lowest BCUT2D eigenvalue weighted by molar-refractivity contribution is 0.163. The Balaban J connectivity index is 1.26. The fourth-order valence-electron chi connectivity index (χ4n) is 3.94. The summed E-state index contributed by atoms with van der Waals surface area (Å²) in [5.74, 6) is 0.992. The zero-order valence-corrected chi connectivity index (χ0v) is 19.6. The fourth-order valence-corrected chi connectivity index (χ4v) is 5.66. The summed E-state index contributed by atoms with van der Waals surface area (Å²) in [6.07, 6.45) is 1.70. The Morgan fingerprint density at radius 1 is 1.06 bits per heavy atom. The van der Waals surface area contributed by atoms with E-state index < -0.39 is 10.0 Å². The number of pyridine rings is 1. The molecule has 33 heavy (non-hydrogen) atoms. The van der Waals surface area contributed by atoms with E-state index in [2.05, 4.69) is 20.0 Å². The van der Waals surface area contributed by atoms with Gasteiger partial charge in [0.1, 0.15) is 4.90 Å². The molecule has 5 rings (SSSR count). The summed E-state index contributed by atoms with van der Waals surface area (Å²) < 4.78 is 33.6. The third-order valence-corrected chi connectivity index (χ3v) is 7.87. The maximum atomic E-state index is 13.4. The van der Waals surface area contributed by atoms with Crippen molar-refractivity contribution in [3.8, 4) is 11.4 Å². The van der Waals surface area contributed by atoms with E-state index in [1.54, 1.807) is 30.5 Å². The Bertz CT molecular complexity index is 1400. The Morgan fingerprint density at radius 3 is 2.58 bits per heavy atom. The Labute approximate surface area is 196 Å². The highest BCUT2D eigenvalue weighted by Crippen LogP contribution is 2.26. The minimum atomic E-state index is -3.65. The number of aromatic nitrogens is 3. The number of sulfonamides is 1. The summed E-state index contributed by atoms with van der Waals surface area (Å²) in [4.78, 5) is 11.2. The molecule has 1 saturated heterocycles. The Morgan fingerprint density at radius 2 is 1.82 bits per heavy atom. The van der Waals surface area contributed by atoms with Crippen LogP contribution in [0.3, 0.4) is 0 Å². The first-order valence-electron chi connectivity index (χ1n) is 10.6. The van der Waals surface area contributed by atoms with Crippen LogP contribution in [-0.2, 0) is 16.6 Å². The normalized spacial score (nSPS) is 15.8. The number of nitrogens with zero attached hydrogens (tertiary/aromatic N) is 5. The molecule has 0 spiro atoms. The number of piperazine rings is 1. The van der Waals surface area contributed by atoms with Crippen LogP contribution < -0.4 is 0 Å². The van der Waals surface area contributed by atoms with Gasteiger partial charge in [0.25, 0.3) is 0 Å². The van der Waals surface area contributed by atoms with Crippen molar-refractivity contribution in [2.24, 2.45) is 0 Å². The lowest BCUT2D eigenvalue weighted by Gasteiger charge is -2.33. The maximum absolute atomic E-state index is 13.4. The van der Waals surface area contributed by atoms with Crippen LogP contribution in [0.1, 0.15) is 11.5 Å². The summed E-state index contributed by atoms with van der Waals surface area (Å²) >= 11 is 5.93. The van der Waals surface area contributed by atoms with Gasteiger partial charge in [-0.05, 0) is 48.9 Å². The smallest absolute Gasteiger partial charge is 0.245 e. The number of aryl methyl sites for hydroxylation is 1. The van der Waals surface area contributed by atoms with Crippen molar-refractivity contribution >= 4 is 32.5 Å². The number of hydrogen-bond acceptors (Lipinski definition) is 7. The fraction of sp³-hybridized carbons (Fsp3) is 0.261. The number of halogens is 1. The molecule has 4 aromatic rings. The van der Waals surface area contributed by atoms with Crippen molar-refractivity contribution in [1.29, 1.82) is 0 Å². The first-order chi connectivity index (χ1) is 15.9. The van der Waals surface area contributed by atoms with Gasteiger partial charge in [0, 0.05) is 48.3 Å². The van der Waals surface area contributed by atoms with E-state index in [-0.39, 0.29) is 4.90 Å². The van der Waals surface area contributed by atoms with Crippen molar-refractivity contribution in [1.82, 2.24) is 24.3 Å². The molecule has 0 aliphatic carbocycles. The quantitative estimate of drug-likeness (QED) is 0.426. The summed E-state index contributed by atoms with van der Waals surface area (Å²) in [7, 11) is -3.65. The van der Waals surface area contributed by atoms with Crippen LogP contribution in [-0.4, -0.2) is 58.9 Å². The topological polar surface area (TPSA) is 92.4 Å². The van der Waals surface area contributed by atoms with Gasteiger partial charge in [-0.25, -0.2) is 8.42 Å². The van der Waals surface area contributed by atoms with E-state index in [1.165, 1.54) is 4.31 Å². The highest BCUT2D eigenvalue weighted by molar-refractivity contribution is 7.89. The van der Waals surface area contributed by atoms with Gasteiger partial charge >= 0.3 is 0 Å². The summed E-state index contributed by atoms with van der Waals surface area (Å²) in [6.45, 7) is 4.29. The average molecular weight is 484 g/mol. The first kappa shape index (κ1) is 22.0. The first-order valence-corrected chi connectivity index (χ1v) is 12.4. The molecule has 0 amide bonds. The highest BCUT2D eigenvalue weighted by atomic mass is 35.5. The molecule has 2 aromatic heterocycles. The maximum Gasteiger partial charge on any atom is 0.245 e. The van der Waals surface area contributed by atoms with E-state index in [0.717, 1.165) is 16.5 Å². The number of fused-ring (bicyclic) bond motifs is 1. The second-order valence-electron chi connectivity index (χ2n) is 8.04. The third kappa shape index (κ3) is 4.49. The SMILES string of the molecule is Cc1cnc2c(S(=O)(=O)N3CCN(Cc4nc(-c5ccc(Cl)cc5)no4)CC3)cccc2c1. The highest BCUT2D eigenvalue weighted by Gasteiger charge is 2.30. The van der Waals surface area contributed by atoms with E-state index in [4.69, 9.17) is 16.1 Å². The van der Waals surface area contributed by atoms with Crippen LogP contribution in [0.2, 0.25) is 5.02 Å². The van der Waals surface area contributed by atoms with Crippen molar-refractivity contribution in [3.05, 3.63) is 71.2 Å². The van der Waals surface area contributed by atoms with E-state index in [0.29, 0.717) is 55.0 Å². The predicted molar refractivity (Wildman–Crippen MR) is 125 cm³/mol. The van der Waals surface area contributed by atoms with Gasteiger partial charge in [0.15, 0.2) is 0 Å². The molecule has 8 nitrogen and oxygen atoms in total. The molecule has 2 aromatic carbocycles. The second-order valence-corrected chi connectivity index (χ2v) is 10.4. The Hall–Kier alpha value is -2.85. The molecule has 170 valence electrons. The molecule has 0 radical (unpaired) electrons. The molecule has 0 bridgehead atoms. The lowest BCUT2D eigenvalue weighted by atomic mass is 10.2. The van der Waals surface area contributed by atoms with Gasteiger partial charge in [0.05, 0.1) is 12.1 Å². The van der Waals surface area contributed by atoms with Crippen LogP contribution in [0.25, 0.3) is 22.3 Å². The van der Waals surface area contributed by atoms with Crippen LogP contribution in [0, 0.1) is 6.92 Å². The number of hydrogen-bond donors (Lipinski definition) is 0. The molecule has 0 unspecified atom stereocenters. The van der Waals surface area contributed by atoms with E-state index in [1.807, 2.05) is 31.2 Å². The number of benzene rings is 2. The third-order valence-electron chi connectivity index (χ3n) is 5.69. The number of rotatable bonds is 5. The molecule has 1 aliphatic rings. The molecular formula is C23H22ClN5O3S. The number of para-hydroxylation sites is 1. The van der Waals surface area contributed by atoms with Crippen LogP contribution in [0.5, 0.6) is 0 Å². The van der Waals surface area contributed by atoms with Gasteiger partial charge in [-0.15, -0.1) is 0 Å². The zero-order valence-electron chi connectivity index (χ0n) is 18.0. The van der Waals surface area contributed by atoms with Crippen LogP contribution in [0.15, 0.2) is 64.1 Å². The molecule has 10 heteroatoms. The van der Waals surface area contributed by atoms with Crippen LogP contribution >= 0.6 is 11.6 Å². The Kier molecular flexibility index (Phi) is 5.88. The summed E-state index contributed by atoms with van der Waals surface area (Å²) in [5, 5.41) is 5.51. The van der Waals surface area contributed by atoms with Crippen molar-refractivity contribution < 1.29 is 12.9 Å². The van der Waals surface area contributed by atoms with Crippen LogP contribution in [0.4, 0.5) is 0 Å². The summed E-state index contributed by atoms with van der Waals surface area (Å²) in [5.41, 5.74) is 2.32. The molecule has 0 saturated carbocycles. The summed E-state index contributed by atoms with van der Waals surface area (Å²) in [6, 6.07) is 14.5. The van der Waals surface area contributed by atoms with Gasteiger partial charge < -0.3 is 4.52 Å². The zero-order chi connectivity index (χ0) is 23.0. The largest absolute Gasteiger partial charge is 0.338 e. The van der Waals surface area contributed by atoms with Gasteiger partial charge in [0.2, 0.25) is 21.7 Å². The minimum Gasteiger partial charge on any atom is -0.338 e. The molecular weight excluding hydrogens is 462 g/mol. The molecule has 0 N–H and O–H groups in total. The predicted octanol–water partition coefficient (Wildman–Crippen LogP) is 3.75. The van der Waals surface area contributed by atoms with Crippen molar-refractivity contribution in [3.63, 3.8) is 0 Å². The molecule has 1 aliphatic heterocycles. The second kappa shape index (κ2) is 8.83. The average Bonchev–Trinajstić information content (AvgIpc) is 3.27. The molecule has 1 fully saturated rings. The van der Waals surface area contributed by atoms with Crippen molar-refractivity contribution in [2.75, 3.05) is 26.2 Å². The van der Waals surface area contributed by atoms with E-state index in [9.17, 15) is 8.42 Å². The van der Waals surface area contributed by atoms with Crippen molar-refractivity contribution in [2.45, 2.75) is 18.4 Å². The monoisotopic (exact) mass is 483 g/mol. The van der Waals surface area contributed by atoms with E-state index >= 15 is 0 Å². The molecule has 0 atom stereocenters. The van der Waals surface area contributed by atoms with Gasteiger partial charge in [-0.3, -0.25) is 9.88 Å². The standard InChI is InChI=1S/C23H22ClN5O3S/c1-16-13-18-3-2-4-20(22(18)25-14-16)33(30,31)29-11-9-28(10-12-29)15-21-26-23(27-32-21)17-5-7-19(24)8-6-17/h2-8,13-14H,9-12,15H2,1H3. The van der Waals surface area contributed by atoms with Gasteiger partial charge in [-0.1, -0.05) is 28.9 Å².